The summed E-state index contributed by atoms with van der Waals surface area (Å²) in [5.41, 5.74) is 1.77. The zero-order valence-corrected chi connectivity index (χ0v) is 12.4. The number of hydrogen-bond donors (Lipinski definition) is 0. The van der Waals surface area contributed by atoms with E-state index in [1.807, 2.05) is 45.0 Å². The lowest BCUT2D eigenvalue weighted by atomic mass is 10.1. The summed E-state index contributed by atoms with van der Waals surface area (Å²) in [5, 5.41) is 0. The highest BCUT2D eigenvalue weighted by Crippen LogP contribution is 2.07. The van der Waals surface area contributed by atoms with Gasteiger partial charge < -0.3 is 9.47 Å². The first-order chi connectivity index (χ1) is 8.92. The molecule has 1 aromatic carbocycles. The molecule has 3 heteroatoms. The second-order valence-corrected chi connectivity index (χ2v) is 5.49. The number of Topliss-reactive ketones (excluding diaryl/α,β-unsaturated/α-hetero) is 1. The Bertz CT molecular complexity index is 387. The standard InChI is InChI=1S/C16H24O3/c1-5-13-6-8-14(9-7-13)15(17)12-18-10-11-19-16(2,3)4/h6-9H,5,10-12H2,1-4H3. The van der Waals surface area contributed by atoms with Crippen LogP contribution < -0.4 is 0 Å². The van der Waals surface area contributed by atoms with Crippen molar-refractivity contribution in [1.82, 2.24) is 0 Å². The SMILES string of the molecule is CCc1ccc(C(=O)COCCOC(C)(C)C)cc1. The molecule has 1 aromatic rings. The van der Waals surface area contributed by atoms with Gasteiger partial charge in [-0.3, -0.25) is 4.79 Å². The number of ether oxygens (including phenoxy) is 2. The molecule has 0 aliphatic rings. The number of benzene rings is 1. The quantitative estimate of drug-likeness (QED) is 0.560. The number of carbonyl (C=O) groups is 1. The highest BCUT2D eigenvalue weighted by Gasteiger charge is 2.10. The Labute approximate surface area is 115 Å². The number of aryl methyl sites for hydroxylation is 1. The Hall–Kier alpha value is -1.19. The van der Waals surface area contributed by atoms with Crippen molar-refractivity contribution in [3.05, 3.63) is 35.4 Å². The molecule has 19 heavy (non-hydrogen) atoms. The first kappa shape index (κ1) is 15.9. The third kappa shape index (κ3) is 6.50. The molecule has 0 fully saturated rings. The molecule has 0 amide bonds. The van der Waals surface area contributed by atoms with E-state index < -0.39 is 0 Å². The maximum absolute atomic E-state index is 11.8. The van der Waals surface area contributed by atoms with Crippen LogP contribution >= 0.6 is 0 Å². The van der Waals surface area contributed by atoms with E-state index >= 15 is 0 Å². The molecular formula is C16H24O3. The van der Waals surface area contributed by atoms with Crippen molar-refractivity contribution in [2.45, 2.75) is 39.7 Å². The van der Waals surface area contributed by atoms with E-state index in [9.17, 15) is 4.79 Å². The average Bonchev–Trinajstić information content (AvgIpc) is 2.37. The minimum Gasteiger partial charge on any atom is -0.373 e. The van der Waals surface area contributed by atoms with E-state index in [2.05, 4.69) is 6.92 Å². The van der Waals surface area contributed by atoms with Gasteiger partial charge in [0.25, 0.3) is 0 Å². The summed E-state index contributed by atoms with van der Waals surface area (Å²) >= 11 is 0. The van der Waals surface area contributed by atoms with Crippen LogP contribution in [-0.4, -0.2) is 31.2 Å². The van der Waals surface area contributed by atoms with Crippen LogP contribution in [0.3, 0.4) is 0 Å². The molecule has 0 saturated carbocycles. The summed E-state index contributed by atoms with van der Waals surface area (Å²) in [6.45, 7) is 9.13. The third-order valence-corrected chi connectivity index (χ3v) is 2.68. The molecule has 0 atom stereocenters. The molecule has 0 saturated heterocycles. The number of rotatable bonds is 7. The average molecular weight is 264 g/mol. The van der Waals surface area contributed by atoms with Crippen molar-refractivity contribution in [3.8, 4) is 0 Å². The largest absolute Gasteiger partial charge is 0.373 e. The normalized spacial score (nSPS) is 11.6. The Morgan fingerprint density at radius 3 is 2.26 bits per heavy atom. The maximum Gasteiger partial charge on any atom is 0.188 e. The molecule has 106 valence electrons. The highest BCUT2D eigenvalue weighted by molar-refractivity contribution is 5.97. The Morgan fingerprint density at radius 2 is 1.74 bits per heavy atom. The van der Waals surface area contributed by atoms with Gasteiger partial charge in [-0.2, -0.15) is 0 Å². The summed E-state index contributed by atoms with van der Waals surface area (Å²) in [6.07, 6.45) is 0.981. The molecule has 0 heterocycles. The fourth-order valence-electron chi connectivity index (χ4n) is 1.58. The minimum atomic E-state index is -0.163. The van der Waals surface area contributed by atoms with Crippen molar-refractivity contribution in [3.63, 3.8) is 0 Å². The third-order valence-electron chi connectivity index (χ3n) is 2.68. The molecule has 0 aromatic heterocycles. The van der Waals surface area contributed by atoms with Crippen molar-refractivity contribution in [1.29, 1.82) is 0 Å². The van der Waals surface area contributed by atoms with Gasteiger partial charge >= 0.3 is 0 Å². The minimum absolute atomic E-state index is 0.0124. The van der Waals surface area contributed by atoms with Crippen molar-refractivity contribution < 1.29 is 14.3 Å². The zero-order valence-electron chi connectivity index (χ0n) is 12.4. The highest BCUT2D eigenvalue weighted by atomic mass is 16.5. The fourth-order valence-corrected chi connectivity index (χ4v) is 1.58. The molecule has 0 spiro atoms. The van der Waals surface area contributed by atoms with E-state index in [1.54, 1.807) is 0 Å². The molecule has 0 unspecified atom stereocenters. The van der Waals surface area contributed by atoms with Gasteiger partial charge in [-0.15, -0.1) is 0 Å². The van der Waals surface area contributed by atoms with Crippen LogP contribution in [-0.2, 0) is 15.9 Å². The molecular weight excluding hydrogens is 240 g/mol. The molecule has 0 N–H and O–H groups in total. The maximum atomic E-state index is 11.8. The monoisotopic (exact) mass is 264 g/mol. The summed E-state index contributed by atoms with van der Waals surface area (Å²) in [4.78, 5) is 11.8. The topological polar surface area (TPSA) is 35.5 Å². The molecule has 3 nitrogen and oxygen atoms in total. The van der Waals surface area contributed by atoms with Gasteiger partial charge in [0.2, 0.25) is 0 Å². The van der Waals surface area contributed by atoms with E-state index in [4.69, 9.17) is 9.47 Å². The van der Waals surface area contributed by atoms with Crippen molar-refractivity contribution in [2.24, 2.45) is 0 Å². The molecule has 0 bridgehead atoms. The molecule has 0 aliphatic carbocycles. The lowest BCUT2D eigenvalue weighted by Gasteiger charge is -2.19. The summed E-state index contributed by atoms with van der Waals surface area (Å²) in [7, 11) is 0. The van der Waals surface area contributed by atoms with Crippen LogP contribution in [0.1, 0.15) is 43.6 Å². The van der Waals surface area contributed by atoms with Crippen molar-refractivity contribution in [2.75, 3.05) is 19.8 Å². The van der Waals surface area contributed by atoms with Gasteiger partial charge in [-0.1, -0.05) is 31.2 Å². The predicted octanol–water partition coefficient (Wildman–Crippen LogP) is 3.26. The van der Waals surface area contributed by atoms with Crippen LogP contribution in [0.15, 0.2) is 24.3 Å². The second kappa shape index (κ2) is 7.41. The lowest BCUT2D eigenvalue weighted by Crippen LogP contribution is -2.22. The second-order valence-electron chi connectivity index (χ2n) is 5.49. The molecule has 1 rings (SSSR count). The number of ketones is 1. The number of carbonyl (C=O) groups excluding carboxylic acids is 1. The van der Waals surface area contributed by atoms with Crippen LogP contribution in [0.2, 0.25) is 0 Å². The first-order valence-electron chi connectivity index (χ1n) is 6.76. The van der Waals surface area contributed by atoms with E-state index in [0.29, 0.717) is 18.8 Å². The van der Waals surface area contributed by atoms with Gasteiger partial charge in [0.05, 0.1) is 18.8 Å². The van der Waals surface area contributed by atoms with Gasteiger partial charge in [-0.05, 0) is 32.8 Å². The van der Waals surface area contributed by atoms with E-state index in [-0.39, 0.29) is 18.0 Å². The van der Waals surface area contributed by atoms with Crippen molar-refractivity contribution >= 4 is 5.78 Å². The van der Waals surface area contributed by atoms with Gasteiger partial charge in [0.15, 0.2) is 5.78 Å². The van der Waals surface area contributed by atoms with E-state index in [0.717, 1.165) is 6.42 Å². The molecule has 0 radical (unpaired) electrons. The Balaban J connectivity index is 2.27. The number of hydrogen-bond acceptors (Lipinski definition) is 3. The summed E-state index contributed by atoms with van der Waals surface area (Å²) in [5.74, 6) is 0.0124. The predicted molar refractivity (Wildman–Crippen MR) is 76.7 cm³/mol. The van der Waals surface area contributed by atoms with E-state index in [1.165, 1.54) is 5.56 Å². The van der Waals surface area contributed by atoms with Crippen LogP contribution in [0.4, 0.5) is 0 Å². The lowest BCUT2D eigenvalue weighted by molar-refractivity contribution is -0.0324. The summed E-state index contributed by atoms with van der Waals surface area (Å²) in [6, 6.07) is 7.68. The Kier molecular flexibility index (Phi) is 6.19. The summed E-state index contributed by atoms with van der Waals surface area (Å²) < 4.78 is 10.8. The van der Waals surface area contributed by atoms with Crippen LogP contribution in [0.5, 0.6) is 0 Å². The van der Waals surface area contributed by atoms with Gasteiger partial charge in [0, 0.05) is 5.56 Å². The van der Waals surface area contributed by atoms with Crippen LogP contribution in [0, 0.1) is 0 Å². The zero-order chi connectivity index (χ0) is 14.3. The Morgan fingerprint density at radius 1 is 1.11 bits per heavy atom. The fraction of sp³-hybridized carbons (Fsp3) is 0.562. The smallest absolute Gasteiger partial charge is 0.188 e. The molecule has 0 aliphatic heterocycles. The van der Waals surface area contributed by atoms with Gasteiger partial charge in [0.1, 0.15) is 6.61 Å². The van der Waals surface area contributed by atoms with Gasteiger partial charge in [-0.25, -0.2) is 0 Å². The first-order valence-corrected chi connectivity index (χ1v) is 6.76. The van der Waals surface area contributed by atoms with Crippen LogP contribution in [0.25, 0.3) is 0 Å².